The predicted octanol–water partition coefficient (Wildman–Crippen LogP) is 4.00. The molecule has 0 saturated heterocycles. The van der Waals surface area contributed by atoms with Crippen LogP contribution in [0.2, 0.25) is 0 Å². The number of fused-ring (bicyclic) bond motifs is 1. The number of benzene rings is 2. The van der Waals surface area contributed by atoms with Gasteiger partial charge in [-0.05, 0) is 36.8 Å². The second-order valence-electron chi connectivity index (χ2n) is 4.59. The minimum atomic E-state index is -0.930. The Bertz CT molecular complexity index is 807. The van der Waals surface area contributed by atoms with E-state index in [-0.39, 0.29) is 5.56 Å². The lowest BCUT2D eigenvalue weighted by Crippen LogP contribution is -1.95. The lowest BCUT2D eigenvalue weighted by Gasteiger charge is -1.97. The van der Waals surface area contributed by atoms with Crippen LogP contribution in [0.4, 0.5) is 0 Å². The van der Waals surface area contributed by atoms with Crippen LogP contribution in [0.15, 0.2) is 40.9 Å². The number of carboxylic acids is 1. The van der Waals surface area contributed by atoms with Gasteiger partial charge in [0.1, 0.15) is 5.82 Å². The van der Waals surface area contributed by atoms with Gasteiger partial charge in [-0.2, -0.15) is 0 Å². The first-order valence-electron chi connectivity index (χ1n) is 6.04. The molecule has 100 valence electrons. The first-order chi connectivity index (χ1) is 9.54. The van der Waals surface area contributed by atoms with Gasteiger partial charge in [0.25, 0.3) is 0 Å². The zero-order valence-corrected chi connectivity index (χ0v) is 12.2. The molecule has 3 aromatic rings. The van der Waals surface area contributed by atoms with Gasteiger partial charge >= 0.3 is 5.97 Å². The van der Waals surface area contributed by atoms with Crippen molar-refractivity contribution in [2.24, 2.45) is 0 Å². The molecule has 0 bridgehead atoms. The van der Waals surface area contributed by atoms with E-state index in [2.05, 4.69) is 25.9 Å². The van der Waals surface area contributed by atoms with Gasteiger partial charge in [-0.1, -0.05) is 28.1 Å². The van der Waals surface area contributed by atoms with Crippen molar-refractivity contribution >= 4 is 32.9 Å². The average Bonchev–Trinajstić information content (AvgIpc) is 2.83. The Morgan fingerprint density at radius 2 is 1.95 bits per heavy atom. The van der Waals surface area contributed by atoms with Crippen molar-refractivity contribution in [3.63, 3.8) is 0 Å². The van der Waals surface area contributed by atoms with Crippen molar-refractivity contribution in [2.45, 2.75) is 6.92 Å². The van der Waals surface area contributed by atoms with Crippen LogP contribution in [-0.4, -0.2) is 21.0 Å². The van der Waals surface area contributed by atoms with E-state index in [1.165, 1.54) is 0 Å². The van der Waals surface area contributed by atoms with Gasteiger partial charge in [0.05, 0.1) is 16.6 Å². The number of rotatable bonds is 2. The van der Waals surface area contributed by atoms with Crippen LogP contribution in [0.3, 0.4) is 0 Å². The van der Waals surface area contributed by atoms with Crippen LogP contribution in [0.1, 0.15) is 15.9 Å². The number of nitrogens with zero attached hydrogens (tertiary/aromatic N) is 1. The number of hydrogen-bond acceptors (Lipinski definition) is 2. The van der Waals surface area contributed by atoms with E-state index >= 15 is 0 Å². The molecule has 3 rings (SSSR count). The molecule has 20 heavy (non-hydrogen) atoms. The number of carboxylic acid groups (broad SMARTS) is 1. The highest BCUT2D eigenvalue weighted by atomic mass is 79.9. The molecule has 0 atom stereocenters. The predicted molar refractivity (Wildman–Crippen MR) is 80.9 cm³/mol. The molecule has 0 radical (unpaired) electrons. The van der Waals surface area contributed by atoms with Crippen LogP contribution in [-0.2, 0) is 0 Å². The minimum Gasteiger partial charge on any atom is -0.478 e. The molecule has 2 aromatic carbocycles. The van der Waals surface area contributed by atoms with Crippen LogP contribution < -0.4 is 0 Å². The summed E-state index contributed by atoms with van der Waals surface area (Å²) >= 11 is 3.46. The molecule has 4 nitrogen and oxygen atoms in total. The Morgan fingerprint density at radius 3 is 2.60 bits per heavy atom. The van der Waals surface area contributed by atoms with Crippen molar-refractivity contribution in [3.05, 3.63) is 52.0 Å². The maximum absolute atomic E-state index is 10.8. The third kappa shape index (κ3) is 2.20. The number of aromatic nitrogens is 2. The second kappa shape index (κ2) is 4.76. The number of carbonyl (C=O) groups is 1. The molecular formula is C15H11BrN2O2. The fourth-order valence-corrected chi connectivity index (χ4v) is 2.73. The molecule has 1 heterocycles. The SMILES string of the molecule is Cc1cc(Br)cc2[nH]c(-c3ccc(C(=O)O)cc3)nc12. The molecule has 1 aromatic heterocycles. The molecule has 0 aliphatic rings. The molecule has 0 spiro atoms. The molecule has 0 saturated carbocycles. The van der Waals surface area contributed by atoms with Crippen molar-refractivity contribution in [2.75, 3.05) is 0 Å². The number of aromatic amines is 1. The van der Waals surface area contributed by atoms with Gasteiger partial charge in [0, 0.05) is 10.0 Å². The normalized spacial score (nSPS) is 10.9. The number of halogens is 1. The van der Waals surface area contributed by atoms with E-state index in [0.717, 1.165) is 32.5 Å². The number of hydrogen-bond donors (Lipinski definition) is 2. The minimum absolute atomic E-state index is 0.267. The molecule has 0 aliphatic carbocycles. The van der Waals surface area contributed by atoms with Crippen molar-refractivity contribution < 1.29 is 9.90 Å². The van der Waals surface area contributed by atoms with Gasteiger partial charge < -0.3 is 10.1 Å². The Hall–Kier alpha value is -2.14. The Labute approximate surface area is 123 Å². The smallest absolute Gasteiger partial charge is 0.335 e. The molecule has 5 heteroatoms. The zero-order chi connectivity index (χ0) is 14.3. The Kier molecular flexibility index (Phi) is 3.06. The molecule has 0 unspecified atom stereocenters. The number of imidazole rings is 1. The molecule has 0 amide bonds. The maximum atomic E-state index is 10.8. The highest BCUT2D eigenvalue weighted by Crippen LogP contribution is 2.26. The summed E-state index contributed by atoms with van der Waals surface area (Å²) in [5, 5.41) is 8.90. The van der Waals surface area contributed by atoms with E-state index in [1.807, 2.05) is 19.1 Å². The summed E-state index contributed by atoms with van der Waals surface area (Å²) in [6.07, 6.45) is 0. The van der Waals surface area contributed by atoms with Crippen LogP contribution in [0.25, 0.3) is 22.4 Å². The molecule has 2 N–H and O–H groups in total. The third-order valence-electron chi connectivity index (χ3n) is 3.15. The highest BCUT2D eigenvalue weighted by Gasteiger charge is 2.09. The Balaban J connectivity index is 2.10. The van der Waals surface area contributed by atoms with Gasteiger partial charge in [0.2, 0.25) is 0 Å². The quantitative estimate of drug-likeness (QED) is 0.746. The zero-order valence-electron chi connectivity index (χ0n) is 10.6. The summed E-state index contributed by atoms with van der Waals surface area (Å²) in [6.45, 7) is 2.01. The Morgan fingerprint density at radius 1 is 1.25 bits per heavy atom. The summed E-state index contributed by atoms with van der Waals surface area (Å²) < 4.78 is 0.999. The van der Waals surface area contributed by atoms with Crippen LogP contribution in [0.5, 0.6) is 0 Å². The summed E-state index contributed by atoms with van der Waals surface area (Å²) in [5.41, 5.74) is 4.09. The van der Waals surface area contributed by atoms with Crippen molar-refractivity contribution in [1.82, 2.24) is 9.97 Å². The number of aromatic carboxylic acids is 1. The molecule has 0 aliphatic heterocycles. The maximum Gasteiger partial charge on any atom is 0.335 e. The first-order valence-corrected chi connectivity index (χ1v) is 6.83. The summed E-state index contributed by atoms with van der Waals surface area (Å²) in [6, 6.07) is 10.7. The number of aryl methyl sites for hydroxylation is 1. The highest BCUT2D eigenvalue weighted by molar-refractivity contribution is 9.10. The second-order valence-corrected chi connectivity index (χ2v) is 5.50. The lowest BCUT2D eigenvalue weighted by molar-refractivity contribution is 0.0697. The average molecular weight is 331 g/mol. The van der Waals surface area contributed by atoms with Crippen LogP contribution >= 0.6 is 15.9 Å². The van der Waals surface area contributed by atoms with E-state index in [1.54, 1.807) is 24.3 Å². The number of nitrogens with one attached hydrogen (secondary N) is 1. The monoisotopic (exact) mass is 330 g/mol. The standard InChI is InChI=1S/C15H11BrN2O2/c1-8-6-11(16)7-12-13(8)18-14(17-12)9-2-4-10(5-3-9)15(19)20/h2-7H,1H3,(H,17,18)(H,19,20). The van der Waals surface area contributed by atoms with Gasteiger partial charge in [-0.3, -0.25) is 0 Å². The van der Waals surface area contributed by atoms with E-state index < -0.39 is 5.97 Å². The van der Waals surface area contributed by atoms with E-state index in [0.29, 0.717) is 0 Å². The summed E-state index contributed by atoms with van der Waals surface area (Å²) in [4.78, 5) is 18.7. The lowest BCUT2D eigenvalue weighted by atomic mass is 10.1. The number of H-pyrrole nitrogens is 1. The molecular weight excluding hydrogens is 320 g/mol. The van der Waals surface area contributed by atoms with Gasteiger partial charge in [-0.25, -0.2) is 9.78 Å². The van der Waals surface area contributed by atoms with E-state index in [4.69, 9.17) is 5.11 Å². The van der Waals surface area contributed by atoms with Crippen molar-refractivity contribution in [1.29, 1.82) is 0 Å². The van der Waals surface area contributed by atoms with Crippen molar-refractivity contribution in [3.8, 4) is 11.4 Å². The van der Waals surface area contributed by atoms with Gasteiger partial charge in [-0.15, -0.1) is 0 Å². The van der Waals surface area contributed by atoms with E-state index in [9.17, 15) is 4.79 Å². The fraction of sp³-hybridized carbons (Fsp3) is 0.0667. The summed E-state index contributed by atoms with van der Waals surface area (Å²) in [5.74, 6) is -0.195. The fourth-order valence-electron chi connectivity index (χ4n) is 2.15. The van der Waals surface area contributed by atoms with Gasteiger partial charge in [0.15, 0.2) is 0 Å². The molecule has 0 fully saturated rings. The van der Waals surface area contributed by atoms with Crippen LogP contribution in [0, 0.1) is 6.92 Å². The largest absolute Gasteiger partial charge is 0.478 e. The topological polar surface area (TPSA) is 66.0 Å². The summed E-state index contributed by atoms with van der Waals surface area (Å²) in [7, 11) is 0. The first kappa shape index (κ1) is 12.9. The third-order valence-corrected chi connectivity index (χ3v) is 3.61.